The van der Waals surface area contributed by atoms with Gasteiger partial charge in [-0.05, 0) is 46.2 Å². The molecule has 0 bridgehead atoms. The summed E-state index contributed by atoms with van der Waals surface area (Å²) >= 11 is 6.35. The number of nitrogens with zero attached hydrogens (tertiary/aromatic N) is 3. The molecule has 1 atom stereocenters. The Hall–Kier alpha value is -2.10. The molecule has 0 aliphatic rings. The van der Waals surface area contributed by atoms with E-state index in [2.05, 4.69) is 40.2 Å². The van der Waals surface area contributed by atoms with Gasteiger partial charge in [-0.3, -0.25) is 0 Å². The van der Waals surface area contributed by atoms with Crippen molar-refractivity contribution in [2.24, 2.45) is 0 Å². The lowest BCUT2D eigenvalue weighted by Gasteiger charge is -2.16. The Bertz CT molecular complexity index is 684. The summed E-state index contributed by atoms with van der Waals surface area (Å²) in [5, 5.41) is 15.2. The zero-order valence-electron chi connectivity index (χ0n) is 17.2. The fourth-order valence-corrected chi connectivity index (χ4v) is 2.65. The van der Waals surface area contributed by atoms with E-state index in [0.29, 0.717) is 36.0 Å². The summed E-state index contributed by atoms with van der Waals surface area (Å²) in [5.74, 6) is 1.17. The van der Waals surface area contributed by atoms with Gasteiger partial charge in [0, 0.05) is 17.7 Å². The van der Waals surface area contributed by atoms with Crippen LogP contribution in [0.1, 0.15) is 51.5 Å². The summed E-state index contributed by atoms with van der Waals surface area (Å²) in [5.41, 5.74) is 2.01. The van der Waals surface area contributed by atoms with E-state index in [1.165, 1.54) is 19.2 Å². The Morgan fingerprint density at radius 2 is 2.11 bits per heavy atom. The molecule has 28 heavy (non-hydrogen) atoms. The number of anilines is 1. The molecule has 0 aliphatic carbocycles. The average Bonchev–Trinajstić information content (AvgIpc) is 2.70. The van der Waals surface area contributed by atoms with Crippen LogP contribution in [0.3, 0.4) is 0 Å². The van der Waals surface area contributed by atoms with Crippen LogP contribution in [0.4, 0.5) is 5.82 Å². The van der Waals surface area contributed by atoms with Crippen molar-refractivity contribution in [3.8, 4) is 11.9 Å². The lowest BCUT2D eigenvalue weighted by molar-refractivity contribution is 0.292. The third-order valence-corrected chi connectivity index (χ3v) is 4.70. The van der Waals surface area contributed by atoms with E-state index in [1.54, 1.807) is 6.08 Å². The minimum absolute atomic E-state index is 0.412. The molecule has 154 valence electrons. The van der Waals surface area contributed by atoms with Crippen LogP contribution in [0, 0.1) is 18.3 Å². The minimum atomic E-state index is -0.412. The predicted molar refractivity (Wildman–Crippen MR) is 116 cm³/mol. The van der Waals surface area contributed by atoms with Crippen LogP contribution in [0.25, 0.3) is 0 Å². The second-order valence-electron chi connectivity index (χ2n) is 6.56. The van der Waals surface area contributed by atoms with E-state index in [1.807, 2.05) is 13.8 Å². The van der Waals surface area contributed by atoms with E-state index in [9.17, 15) is 0 Å². The molecule has 0 spiro atoms. The van der Waals surface area contributed by atoms with E-state index in [-0.39, 0.29) is 0 Å². The SMILES string of the molecule is C=C(Nc1ncnc(OCCCCNCCCC)c1C)C(Cl)C/C(C#N)=C\C. The van der Waals surface area contributed by atoms with Crippen LogP contribution in [0.5, 0.6) is 5.88 Å². The minimum Gasteiger partial charge on any atom is -0.477 e. The van der Waals surface area contributed by atoms with Crippen molar-refractivity contribution in [1.82, 2.24) is 15.3 Å². The van der Waals surface area contributed by atoms with E-state index in [0.717, 1.165) is 31.5 Å². The fraction of sp³-hybridized carbons (Fsp3) is 0.571. The van der Waals surface area contributed by atoms with E-state index < -0.39 is 5.38 Å². The summed E-state index contributed by atoms with van der Waals surface area (Å²) in [6.45, 7) is 12.6. The molecule has 1 unspecified atom stereocenters. The summed E-state index contributed by atoms with van der Waals surface area (Å²) < 4.78 is 5.81. The van der Waals surface area contributed by atoms with E-state index >= 15 is 0 Å². The summed E-state index contributed by atoms with van der Waals surface area (Å²) in [4.78, 5) is 8.48. The van der Waals surface area contributed by atoms with Crippen molar-refractivity contribution < 1.29 is 4.74 Å². The van der Waals surface area contributed by atoms with Gasteiger partial charge in [-0.25, -0.2) is 9.97 Å². The maximum absolute atomic E-state index is 9.03. The molecular weight excluding hydrogens is 374 g/mol. The second-order valence-corrected chi connectivity index (χ2v) is 7.09. The van der Waals surface area contributed by atoms with Gasteiger partial charge in [0.15, 0.2) is 0 Å². The highest BCUT2D eigenvalue weighted by Gasteiger charge is 2.15. The molecular formula is C21H32ClN5O. The van der Waals surface area contributed by atoms with Crippen molar-refractivity contribution >= 4 is 17.4 Å². The Labute approximate surface area is 174 Å². The van der Waals surface area contributed by atoms with Gasteiger partial charge in [-0.2, -0.15) is 5.26 Å². The molecule has 0 fully saturated rings. The molecule has 0 saturated heterocycles. The van der Waals surface area contributed by atoms with Crippen LogP contribution in [-0.2, 0) is 0 Å². The van der Waals surface area contributed by atoms with E-state index in [4.69, 9.17) is 21.6 Å². The number of hydrogen-bond donors (Lipinski definition) is 2. The first-order valence-electron chi connectivity index (χ1n) is 9.83. The van der Waals surface area contributed by atoms with Gasteiger partial charge in [0.1, 0.15) is 12.1 Å². The standard InChI is InChI=1S/C21H32ClN5O/c1-5-7-10-24-11-8-9-12-28-21-16(3)20(25-15-26-21)27-17(4)19(22)13-18(6-2)14-23/h6,15,19,24H,4-5,7-13H2,1-3H3,(H,25,26,27)/b18-6+. The van der Waals surface area contributed by atoms with Crippen LogP contribution in [0.2, 0.25) is 0 Å². The highest BCUT2D eigenvalue weighted by molar-refractivity contribution is 6.22. The quantitative estimate of drug-likeness (QED) is 0.264. The number of unbranched alkanes of at least 4 members (excludes halogenated alkanes) is 2. The number of ether oxygens (including phenoxy) is 1. The summed E-state index contributed by atoms with van der Waals surface area (Å²) in [6.07, 6.45) is 8.08. The lowest BCUT2D eigenvalue weighted by atomic mass is 10.1. The average molecular weight is 406 g/mol. The lowest BCUT2D eigenvalue weighted by Crippen LogP contribution is -2.17. The van der Waals surface area contributed by atoms with Crippen molar-refractivity contribution in [3.05, 3.63) is 35.8 Å². The zero-order chi connectivity index (χ0) is 20.8. The maximum atomic E-state index is 9.03. The largest absolute Gasteiger partial charge is 0.477 e. The van der Waals surface area contributed by atoms with Gasteiger partial charge < -0.3 is 15.4 Å². The van der Waals surface area contributed by atoms with Gasteiger partial charge in [0.05, 0.1) is 23.6 Å². The first-order valence-corrected chi connectivity index (χ1v) is 10.3. The Morgan fingerprint density at radius 3 is 2.79 bits per heavy atom. The second kappa shape index (κ2) is 14.0. The van der Waals surface area contributed by atoms with Crippen molar-refractivity contribution in [1.29, 1.82) is 5.26 Å². The third kappa shape index (κ3) is 8.73. The molecule has 2 N–H and O–H groups in total. The molecule has 0 saturated carbocycles. The monoisotopic (exact) mass is 405 g/mol. The van der Waals surface area contributed by atoms with Crippen molar-refractivity contribution in [2.75, 3.05) is 25.0 Å². The summed E-state index contributed by atoms with van der Waals surface area (Å²) in [6, 6.07) is 2.13. The molecule has 0 aliphatic heterocycles. The number of nitrogens with one attached hydrogen (secondary N) is 2. The molecule has 0 radical (unpaired) electrons. The van der Waals surface area contributed by atoms with Crippen LogP contribution >= 0.6 is 11.6 Å². The molecule has 1 aromatic heterocycles. The number of alkyl halides is 1. The number of rotatable bonds is 14. The maximum Gasteiger partial charge on any atom is 0.221 e. The number of aromatic nitrogens is 2. The molecule has 1 heterocycles. The van der Waals surface area contributed by atoms with Gasteiger partial charge in [-0.1, -0.05) is 26.0 Å². The summed E-state index contributed by atoms with van der Waals surface area (Å²) in [7, 11) is 0. The predicted octanol–water partition coefficient (Wildman–Crippen LogP) is 4.73. The molecule has 7 heteroatoms. The van der Waals surface area contributed by atoms with Crippen molar-refractivity contribution in [2.45, 2.75) is 58.3 Å². The number of allylic oxidation sites excluding steroid dienone is 3. The number of halogens is 1. The van der Waals surface area contributed by atoms with Crippen LogP contribution < -0.4 is 15.4 Å². The first kappa shape index (κ1) is 23.9. The van der Waals surface area contributed by atoms with Crippen LogP contribution in [-0.4, -0.2) is 35.0 Å². The first-order chi connectivity index (χ1) is 13.5. The highest BCUT2D eigenvalue weighted by atomic mass is 35.5. The zero-order valence-corrected chi connectivity index (χ0v) is 18.0. The molecule has 0 aromatic carbocycles. The van der Waals surface area contributed by atoms with Gasteiger partial charge in [-0.15, -0.1) is 11.6 Å². The number of nitriles is 1. The fourth-order valence-electron chi connectivity index (χ4n) is 2.43. The smallest absolute Gasteiger partial charge is 0.221 e. The van der Waals surface area contributed by atoms with Gasteiger partial charge >= 0.3 is 0 Å². The van der Waals surface area contributed by atoms with Gasteiger partial charge in [0.2, 0.25) is 5.88 Å². The van der Waals surface area contributed by atoms with Crippen LogP contribution in [0.15, 0.2) is 30.3 Å². The Kier molecular flexibility index (Phi) is 11.9. The highest BCUT2D eigenvalue weighted by Crippen LogP contribution is 2.24. The van der Waals surface area contributed by atoms with Gasteiger partial charge in [0.25, 0.3) is 0 Å². The topological polar surface area (TPSA) is 82.9 Å². The normalized spacial score (nSPS) is 12.3. The molecule has 1 aromatic rings. The molecule has 0 amide bonds. The molecule has 1 rings (SSSR count). The Morgan fingerprint density at radius 1 is 1.36 bits per heavy atom. The molecule has 6 nitrogen and oxygen atoms in total. The number of hydrogen-bond acceptors (Lipinski definition) is 6. The third-order valence-electron chi connectivity index (χ3n) is 4.28. The Balaban J connectivity index is 2.49. The van der Waals surface area contributed by atoms with Crippen molar-refractivity contribution in [3.63, 3.8) is 0 Å².